The van der Waals surface area contributed by atoms with Gasteiger partial charge in [0.1, 0.15) is 0 Å². The Kier molecular flexibility index (Phi) is 1.77. The Hall–Kier alpha value is -0.260. The quantitative estimate of drug-likeness (QED) is 0.575. The van der Waals surface area contributed by atoms with E-state index in [1.807, 2.05) is 0 Å². The lowest BCUT2D eigenvalue weighted by molar-refractivity contribution is 0.00629. The molecular formula is C17H26. The molecule has 0 aromatic heterocycles. The van der Waals surface area contributed by atoms with Crippen molar-refractivity contribution in [3.05, 3.63) is 12.2 Å². The summed E-state index contributed by atoms with van der Waals surface area (Å²) in [7, 11) is 0. The van der Waals surface area contributed by atoms with E-state index in [1.54, 1.807) is 12.0 Å². The van der Waals surface area contributed by atoms with Gasteiger partial charge in [0.15, 0.2) is 0 Å². The average molecular weight is 230 g/mol. The van der Waals surface area contributed by atoms with Gasteiger partial charge in [-0.2, -0.15) is 0 Å². The van der Waals surface area contributed by atoms with E-state index in [2.05, 4.69) is 27.4 Å². The van der Waals surface area contributed by atoms with Crippen molar-refractivity contribution >= 4 is 0 Å². The third kappa shape index (κ3) is 0.956. The van der Waals surface area contributed by atoms with Crippen molar-refractivity contribution in [1.82, 2.24) is 0 Å². The summed E-state index contributed by atoms with van der Waals surface area (Å²) >= 11 is 0. The summed E-state index contributed by atoms with van der Waals surface area (Å²) in [4.78, 5) is 0. The average Bonchev–Trinajstić information content (AvgIpc) is 2.78. The van der Waals surface area contributed by atoms with Gasteiger partial charge in [0.25, 0.3) is 0 Å². The largest absolute Gasteiger partial charge is 0.0993 e. The summed E-state index contributed by atoms with van der Waals surface area (Å²) in [6.45, 7) is 12.0. The van der Waals surface area contributed by atoms with Crippen LogP contribution in [-0.4, -0.2) is 0 Å². The van der Waals surface area contributed by atoms with Crippen molar-refractivity contribution in [1.29, 1.82) is 0 Å². The molecular weight excluding hydrogens is 204 g/mol. The minimum Gasteiger partial charge on any atom is -0.0993 e. The van der Waals surface area contributed by atoms with Gasteiger partial charge in [-0.25, -0.2) is 0 Å². The van der Waals surface area contributed by atoms with Gasteiger partial charge in [-0.3, -0.25) is 0 Å². The molecule has 17 heavy (non-hydrogen) atoms. The molecule has 0 nitrogen and oxygen atoms in total. The molecule has 94 valence electrons. The maximum Gasteiger partial charge on any atom is -0.00310 e. The normalized spacial score (nSPS) is 59.4. The highest BCUT2D eigenvalue weighted by atomic mass is 14.7. The van der Waals surface area contributed by atoms with Crippen LogP contribution in [0.15, 0.2) is 12.2 Å². The molecule has 0 radical (unpaired) electrons. The number of fused-ring (bicyclic) bond motifs is 7. The van der Waals surface area contributed by atoms with Crippen LogP contribution in [0.5, 0.6) is 0 Å². The molecule has 2 bridgehead atoms. The standard InChI is InChI=1S/C17H26/c1-10(2)17-8-12(7-11(17)3)13-9-16(4)6-5-14(16)15(13)17/h10,12-15H,3,5-9H2,1-2,4H3. The smallest absolute Gasteiger partial charge is 0.00310 e. The highest BCUT2D eigenvalue weighted by Gasteiger charge is 2.70. The minimum atomic E-state index is 0.554. The molecule has 4 aliphatic rings. The lowest BCUT2D eigenvalue weighted by atomic mass is 9.54. The SMILES string of the molecule is C=C1CC2CC1(C(C)C)C1C2CC2(C)CCC12. The minimum absolute atomic E-state index is 0.554. The molecule has 0 N–H and O–H groups in total. The molecule has 4 aliphatic carbocycles. The summed E-state index contributed by atoms with van der Waals surface area (Å²) in [5, 5.41) is 0. The van der Waals surface area contributed by atoms with Crippen LogP contribution >= 0.6 is 0 Å². The van der Waals surface area contributed by atoms with Gasteiger partial charge >= 0.3 is 0 Å². The van der Waals surface area contributed by atoms with Gasteiger partial charge in [0.2, 0.25) is 0 Å². The van der Waals surface area contributed by atoms with Crippen LogP contribution in [0.25, 0.3) is 0 Å². The molecule has 6 atom stereocenters. The molecule has 0 aromatic carbocycles. The predicted molar refractivity (Wildman–Crippen MR) is 71.6 cm³/mol. The van der Waals surface area contributed by atoms with E-state index in [-0.39, 0.29) is 0 Å². The van der Waals surface area contributed by atoms with Gasteiger partial charge in [0.05, 0.1) is 0 Å². The highest BCUT2D eigenvalue weighted by Crippen LogP contribution is 2.78. The van der Waals surface area contributed by atoms with Crippen molar-refractivity contribution in [2.45, 2.75) is 52.9 Å². The van der Waals surface area contributed by atoms with Crippen molar-refractivity contribution in [2.24, 2.45) is 40.4 Å². The van der Waals surface area contributed by atoms with Gasteiger partial charge in [-0.15, -0.1) is 0 Å². The van der Waals surface area contributed by atoms with E-state index in [1.165, 1.54) is 25.7 Å². The number of hydrogen-bond donors (Lipinski definition) is 0. The van der Waals surface area contributed by atoms with Crippen molar-refractivity contribution in [3.8, 4) is 0 Å². The first-order valence-corrected chi connectivity index (χ1v) is 7.67. The van der Waals surface area contributed by atoms with Crippen LogP contribution < -0.4 is 0 Å². The summed E-state index contributed by atoms with van der Waals surface area (Å²) in [5.74, 6) is 4.97. The summed E-state index contributed by atoms with van der Waals surface area (Å²) in [6, 6.07) is 0. The Bertz CT molecular complexity index is 393. The molecule has 4 saturated carbocycles. The summed E-state index contributed by atoms with van der Waals surface area (Å²) in [6.07, 6.45) is 7.44. The maximum atomic E-state index is 4.50. The fraction of sp³-hybridized carbons (Fsp3) is 0.882. The second-order valence-corrected chi connectivity index (χ2v) is 8.16. The van der Waals surface area contributed by atoms with Gasteiger partial charge < -0.3 is 0 Å². The Labute approximate surface area is 106 Å². The van der Waals surface area contributed by atoms with Crippen molar-refractivity contribution in [2.75, 3.05) is 0 Å². The zero-order chi connectivity index (χ0) is 12.0. The first-order valence-electron chi connectivity index (χ1n) is 7.67. The lowest BCUT2D eigenvalue weighted by Gasteiger charge is -2.51. The molecule has 0 aliphatic heterocycles. The first kappa shape index (κ1) is 10.6. The molecule has 0 saturated heterocycles. The lowest BCUT2D eigenvalue weighted by Crippen LogP contribution is -2.43. The zero-order valence-corrected chi connectivity index (χ0v) is 11.6. The van der Waals surface area contributed by atoms with Crippen molar-refractivity contribution in [3.63, 3.8) is 0 Å². The highest BCUT2D eigenvalue weighted by molar-refractivity contribution is 5.31. The fourth-order valence-corrected chi connectivity index (χ4v) is 6.70. The van der Waals surface area contributed by atoms with Crippen LogP contribution in [0.3, 0.4) is 0 Å². The fourth-order valence-electron chi connectivity index (χ4n) is 6.70. The zero-order valence-electron chi connectivity index (χ0n) is 11.6. The summed E-state index contributed by atoms with van der Waals surface area (Å²) < 4.78 is 0. The van der Waals surface area contributed by atoms with E-state index in [9.17, 15) is 0 Å². The molecule has 6 unspecified atom stereocenters. The van der Waals surface area contributed by atoms with E-state index in [4.69, 9.17) is 0 Å². The Balaban J connectivity index is 1.81. The van der Waals surface area contributed by atoms with E-state index >= 15 is 0 Å². The molecule has 4 fully saturated rings. The molecule has 4 rings (SSSR count). The van der Waals surface area contributed by atoms with Crippen LogP contribution in [0.2, 0.25) is 0 Å². The second kappa shape index (κ2) is 2.83. The number of rotatable bonds is 1. The second-order valence-electron chi connectivity index (χ2n) is 8.16. The predicted octanol–water partition coefficient (Wildman–Crippen LogP) is 4.66. The Morgan fingerprint density at radius 1 is 1.29 bits per heavy atom. The number of hydrogen-bond acceptors (Lipinski definition) is 0. The monoisotopic (exact) mass is 230 g/mol. The van der Waals surface area contributed by atoms with E-state index in [0.717, 1.165) is 35.0 Å². The number of allylic oxidation sites excluding steroid dienone is 1. The maximum absolute atomic E-state index is 4.50. The van der Waals surface area contributed by atoms with Crippen molar-refractivity contribution < 1.29 is 0 Å². The van der Waals surface area contributed by atoms with E-state index in [0.29, 0.717) is 5.41 Å². The topological polar surface area (TPSA) is 0 Å². The van der Waals surface area contributed by atoms with Crippen LogP contribution in [0.1, 0.15) is 52.9 Å². The Morgan fingerprint density at radius 2 is 2.06 bits per heavy atom. The van der Waals surface area contributed by atoms with E-state index < -0.39 is 0 Å². The summed E-state index contributed by atoms with van der Waals surface area (Å²) in [5.41, 5.74) is 2.92. The molecule has 0 heterocycles. The molecule has 0 amide bonds. The van der Waals surface area contributed by atoms with Gasteiger partial charge in [-0.1, -0.05) is 32.9 Å². The first-order chi connectivity index (χ1) is 7.99. The molecule has 0 aromatic rings. The van der Waals surface area contributed by atoms with Crippen LogP contribution in [-0.2, 0) is 0 Å². The van der Waals surface area contributed by atoms with Crippen LogP contribution in [0.4, 0.5) is 0 Å². The molecule has 0 heteroatoms. The van der Waals surface area contributed by atoms with Crippen LogP contribution in [0, 0.1) is 40.4 Å². The Morgan fingerprint density at radius 3 is 2.65 bits per heavy atom. The third-order valence-electron chi connectivity index (χ3n) is 7.52. The third-order valence-corrected chi connectivity index (χ3v) is 7.52. The molecule has 0 spiro atoms. The van der Waals surface area contributed by atoms with Gasteiger partial charge in [0, 0.05) is 0 Å². The van der Waals surface area contributed by atoms with Gasteiger partial charge in [-0.05, 0) is 72.5 Å².